The number of aryl methyl sites for hydroxylation is 2. The van der Waals surface area contributed by atoms with Crippen LogP contribution in [0.2, 0.25) is 5.02 Å². The van der Waals surface area contributed by atoms with Crippen LogP contribution in [-0.4, -0.2) is 39.9 Å². The fourth-order valence-electron chi connectivity index (χ4n) is 2.91. The maximum absolute atomic E-state index is 6.45. The monoisotopic (exact) mass is 298 g/mol. The van der Waals surface area contributed by atoms with Crippen LogP contribution in [0.4, 0.5) is 0 Å². The third-order valence-corrected chi connectivity index (χ3v) is 4.86. The Morgan fingerprint density at radius 2 is 2.15 bits per heavy atom. The Hall–Kier alpha value is -0.580. The SMILES string of the molecule is CCC1CN(Cc2c(Cl)c(C)nn2CC)C(C)CCN1. The van der Waals surface area contributed by atoms with Crippen LogP contribution < -0.4 is 5.32 Å². The number of hydrogen-bond donors (Lipinski definition) is 1. The van der Waals surface area contributed by atoms with Gasteiger partial charge < -0.3 is 5.32 Å². The number of aromatic nitrogens is 2. The number of halogens is 1. The molecule has 1 N–H and O–H groups in total. The molecule has 4 nitrogen and oxygen atoms in total. The fraction of sp³-hybridized carbons (Fsp3) is 0.800. The molecule has 1 aromatic heterocycles. The molecule has 1 aliphatic rings. The number of nitrogens with zero attached hydrogens (tertiary/aromatic N) is 3. The molecule has 0 amide bonds. The van der Waals surface area contributed by atoms with Gasteiger partial charge in [-0.05, 0) is 40.2 Å². The molecule has 1 fully saturated rings. The average molecular weight is 299 g/mol. The Balaban J connectivity index is 2.18. The van der Waals surface area contributed by atoms with Crippen molar-refractivity contribution in [1.29, 1.82) is 0 Å². The van der Waals surface area contributed by atoms with Gasteiger partial charge in [0.2, 0.25) is 0 Å². The Kier molecular flexibility index (Phi) is 5.47. The molecule has 0 aromatic carbocycles. The van der Waals surface area contributed by atoms with Crippen LogP contribution in [0.3, 0.4) is 0 Å². The first-order valence-electron chi connectivity index (χ1n) is 7.76. The van der Waals surface area contributed by atoms with Gasteiger partial charge in [-0.15, -0.1) is 0 Å². The molecule has 2 heterocycles. The quantitative estimate of drug-likeness (QED) is 0.928. The molecule has 2 atom stereocenters. The predicted octanol–water partition coefficient (Wildman–Crippen LogP) is 2.83. The van der Waals surface area contributed by atoms with Gasteiger partial charge in [0.1, 0.15) is 0 Å². The van der Waals surface area contributed by atoms with Crippen LogP contribution in [0.1, 0.15) is 45.0 Å². The zero-order chi connectivity index (χ0) is 14.7. The molecule has 2 rings (SSSR count). The van der Waals surface area contributed by atoms with Gasteiger partial charge in [0.15, 0.2) is 0 Å². The third-order valence-electron chi connectivity index (χ3n) is 4.37. The topological polar surface area (TPSA) is 33.1 Å². The van der Waals surface area contributed by atoms with Crippen molar-refractivity contribution in [2.75, 3.05) is 13.1 Å². The summed E-state index contributed by atoms with van der Waals surface area (Å²) in [4.78, 5) is 2.54. The summed E-state index contributed by atoms with van der Waals surface area (Å²) >= 11 is 6.45. The summed E-state index contributed by atoms with van der Waals surface area (Å²) < 4.78 is 2.05. The Morgan fingerprint density at radius 3 is 2.80 bits per heavy atom. The van der Waals surface area contributed by atoms with Crippen molar-refractivity contribution in [2.45, 2.75) is 65.7 Å². The summed E-state index contributed by atoms with van der Waals surface area (Å²) in [5, 5.41) is 8.99. The first-order chi connectivity index (χ1) is 9.56. The second-order valence-electron chi connectivity index (χ2n) is 5.79. The van der Waals surface area contributed by atoms with Crippen molar-refractivity contribution in [3.63, 3.8) is 0 Å². The largest absolute Gasteiger partial charge is 0.313 e. The molecule has 5 heteroatoms. The lowest BCUT2D eigenvalue weighted by molar-refractivity contribution is 0.189. The summed E-state index contributed by atoms with van der Waals surface area (Å²) in [5.74, 6) is 0. The van der Waals surface area contributed by atoms with Crippen molar-refractivity contribution in [3.05, 3.63) is 16.4 Å². The summed E-state index contributed by atoms with van der Waals surface area (Å²) in [5.41, 5.74) is 2.10. The molecule has 0 aliphatic carbocycles. The molecule has 1 aromatic rings. The van der Waals surface area contributed by atoms with Gasteiger partial charge in [0, 0.05) is 31.7 Å². The lowest BCUT2D eigenvalue weighted by Gasteiger charge is -2.29. The number of hydrogen-bond acceptors (Lipinski definition) is 3. The van der Waals surface area contributed by atoms with Crippen LogP contribution in [0.25, 0.3) is 0 Å². The van der Waals surface area contributed by atoms with Crippen molar-refractivity contribution in [2.24, 2.45) is 0 Å². The Bertz CT molecular complexity index is 443. The van der Waals surface area contributed by atoms with Crippen molar-refractivity contribution in [1.82, 2.24) is 20.0 Å². The molecule has 114 valence electrons. The average Bonchev–Trinajstić information content (AvgIpc) is 2.61. The molecule has 2 unspecified atom stereocenters. The van der Waals surface area contributed by atoms with Gasteiger partial charge in [0.25, 0.3) is 0 Å². The first kappa shape index (κ1) is 15.8. The second-order valence-corrected chi connectivity index (χ2v) is 6.17. The van der Waals surface area contributed by atoms with Crippen molar-refractivity contribution >= 4 is 11.6 Å². The van der Waals surface area contributed by atoms with E-state index < -0.39 is 0 Å². The van der Waals surface area contributed by atoms with E-state index in [0.29, 0.717) is 12.1 Å². The van der Waals surface area contributed by atoms with Crippen LogP contribution in [0.15, 0.2) is 0 Å². The van der Waals surface area contributed by atoms with Gasteiger partial charge >= 0.3 is 0 Å². The highest BCUT2D eigenvalue weighted by atomic mass is 35.5. The molecule has 0 bridgehead atoms. The van der Waals surface area contributed by atoms with Crippen molar-refractivity contribution in [3.8, 4) is 0 Å². The van der Waals surface area contributed by atoms with E-state index in [0.717, 1.165) is 42.6 Å². The summed E-state index contributed by atoms with van der Waals surface area (Å²) in [6.07, 6.45) is 2.36. The van der Waals surface area contributed by atoms with Crippen LogP contribution in [-0.2, 0) is 13.1 Å². The maximum atomic E-state index is 6.45. The van der Waals surface area contributed by atoms with E-state index >= 15 is 0 Å². The summed E-state index contributed by atoms with van der Waals surface area (Å²) in [6.45, 7) is 12.6. The molecule has 0 saturated carbocycles. The highest BCUT2D eigenvalue weighted by molar-refractivity contribution is 6.31. The normalized spacial score (nSPS) is 24.9. The molecule has 20 heavy (non-hydrogen) atoms. The van der Waals surface area contributed by atoms with E-state index in [1.165, 1.54) is 12.8 Å². The standard InChI is InChI=1S/C15H27ClN4/c1-5-13-9-19(11(3)7-8-17-13)10-14-15(16)12(4)18-20(14)6-2/h11,13,17H,5-10H2,1-4H3. The zero-order valence-corrected chi connectivity index (χ0v) is 13.9. The van der Waals surface area contributed by atoms with E-state index in [-0.39, 0.29) is 0 Å². The van der Waals surface area contributed by atoms with E-state index in [9.17, 15) is 0 Å². The lowest BCUT2D eigenvalue weighted by Crippen LogP contribution is -2.39. The third kappa shape index (κ3) is 3.35. The summed E-state index contributed by atoms with van der Waals surface area (Å²) in [7, 11) is 0. The smallest absolute Gasteiger partial charge is 0.0860 e. The van der Waals surface area contributed by atoms with Gasteiger partial charge in [-0.1, -0.05) is 18.5 Å². The highest BCUT2D eigenvalue weighted by Crippen LogP contribution is 2.24. The van der Waals surface area contributed by atoms with Gasteiger partial charge in [-0.3, -0.25) is 9.58 Å². The second kappa shape index (κ2) is 6.92. The lowest BCUT2D eigenvalue weighted by atomic mass is 10.1. The fourth-order valence-corrected chi connectivity index (χ4v) is 3.11. The molecular weight excluding hydrogens is 272 g/mol. The first-order valence-corrected chi connectivity index (χ1v) is 8.13. The zero-order valence-electron chi connectivity index (χ0n) is 13.1. The van der Waals surface area contributed by atoms with Crippen LogP contribution in [0, 0.1) is 6.92 Å². The summed E-state index contributed by atoms with van der Waals surface area (Å²) in [6, 6.07) is 1.16. The molecule has 1 aliphatic heterocycles. The van der Waals surface area contributed by atoms with E-state index in [1.807, 2.05) is 11.6 Å². The van der Waals surface area contributed by atoms with Crippen LogP contribution in [0.5, 0.6) is 0 Å². The van der Waals surface area contributed by atoms with E-state index in [2.05, 4.69) is 36.1 Å². The number of rotatable bonds is 4. The van der Waals surface area contributed by atoms with Gasteiger partial charge in [0.05, 0.1) is 16.4 Å². The van der Waals surface area contributed by atoms with Crippen molar-refractivity contribution < 1.29 is 0 Å². The Labute approximate surface area is 127 Å². The molecular formula is C15H27ClN4. The molecule has 0 spiro atoms. The van der Waals surface area contributed by atoms with Crippen LogP contribution >= 0.6 is 11.6 Å². The van der Waals surface area contributed by atoms with E-state index in [4.69, 9.17) is 11.6 Å². The Morgan fingerprint density at radius 1 is 1.40 bits per heavy atom. The minimum absolute atomic E-state index is 0.579. The minimum Gasteiger partial charge on any atom is -0.313 e. The van der Waals surface area contributed by atoms with Gasteiger partial charge in [-0.2, -0.15) is 5.10 Å². The van der Waals surface area contributed by atoms with Gasteiger partial charge in [-0.25, -0.2) is 0 Å². The maximum Gasteiger partial charge on any atom is 0.0860 e. The molecule has 0 radical (unpaired) electrons. The number of nitrogens with one attached hydrogen (secondary N) is 1. The predicted molar refractivity (Wildman–Crippen MR) is 84.2 cm³/mol. The van der Waals surface area contributed by atoms with E-state index in [1.54, 1.807) is 0 Å². The molecule has 1 saturated heterocycles. The minimum atomic E-state index is 0.579. The highest BCUT2D eigenvalue weighted by Gasteiger charge is 2.24.